The molecule has 5 nitrogen and oxygen atoms in total. The molecular formula is C11H15NO4. The first kappa shape index (κ1) is 12.3. The van der Waals surface area contributed by atoms with Crippen LogP contribution in [0.5, 0.6) is 11.5 Å². The lowest BCUT2D eigenvalue weighted by molar-refractivity contribution is -0.135. The summed E-state index contributed by atoms with van der Waals surface area (Å²) < 4.78 is 10.3. The maximum absolute atomic E-state index is 10.3. The van der Waals surface area contributed by atoms with Crippen molar-refractivity contribution in [3.05, 3.63) is 23.8 Å². The molecule has 0 heterocycles. The molecule has 0 spiro atoms. The van der Waals surface area contributed by atoms with Gasteiger partial charge in [0.2, 0.25) is 0 Å². The zero-order valence-corrected chi connectivity index (χ0v) is 9.32. The van der Waals surface area contributed by atoms with E-state index >= 15 is 0 Å². The maximum atomic E-state index is 10.3. The van der Waals surface area contributed by atoms with Gasteiger partial charge in [-0.1, -0.05) is 12.1 Å². The van der Waals surface area contributed by atoms with Gasteiger partial charge in [0, 0.05) is 12.1 Å². The number of rotatable bonds is 6. The van der Waals surface area contributed by atoms with Crippen LogP contribution in [0.4, 0.5) is 0 Å². The highest BCUT2D eigenvalue weighted by Crippen LogP contribution is 2.30. The van der Waals surface area contributed by atoms with Crippen molar-refractivity contribution in [2.45, 2.75) is 6.54 Å². The summed E-state index contributed by atoms with van der Waals surface area (Å²) in [6, 6.07) is 5.48. The molecule has 1 rings (SSSR count). The fraction of sp³-hybridized carbons (Fsp3) is 0.364. The lowest BCUT2D eigenvalue weighted by atomic mass is 10.2. The van der Waals surface area contributed by atoms with Gasteiger partial charge in [0.25, 0.3) is 0 Å². The van der Waals surface area contributed by atoms with E-state index in [1.54, 1.807) is 20.3 Å². The van der Waals surface area contributed by atoms with E-state index in [2.05, 4.69) is 5.32 Å². The lowest BCUT2D eigenvalue weighted by Crippen LogP contribution is -2.22. The van der Waals surface area contributed by atoms with E-state index in [9.17, 15) is 4.79 Å². The maximum Gasteiger partial charge on any atom is 0.317 e. The van der Waals surface area contributed by atoms with Crippen LogP contribution in [0.1, 0.15) is 5.56 Å². The Morgan fingerprint density at radius 3 is 2.69 bits per heavy atom. The van der Waals surface area contributed by atoms with Crippen LogP contribution in [0.2, 0.25) is 0 Å². The minimum absolute atomic E-state index is 0.0830. The van der Waals surface area contributed by atoms with Gasteiger partial charge >= 0.3 is 5.97 Å². The number of methoxy groups -OCH3 is 2. The summed E-state index contributed by atoms with van der Waals surface area (Å²) in [6.07, 6.45) is 0. The van der Waals surface area contributed by atoms with Crippen molar-refractivity contribution in [1.29, 1.82) is 0 Å². The Morgan fingerprint density at radius 1 is 1.38 bits per heavy atom. The van der Waals surface area contributed by atoms with Crippen molar-refractivity contribution in [3.8, 4) is 11.5 Å². The number of ether oxygens (including phenoxy) is 2. The molecule has 0 amide bonds. The topological polar surface area (TPSA) is 67.8 Å². The molecule has 0 aliphatic rings. The molecule has 0 aliphatic heterocycles. The molecule has 0 aliphatic carbocycles. The van der Waals surface area contributed by atoms with Crippen molar-refractivity contribution in [3.63, 3.8) is 0 Å². The van der Waals surface area contributed by atoms with Gasteiger partial charge in [-0.25, -0.2) is 0 Å². The second kappa shape index (κ2) is 5.97. The average Bonchev–Trinajstić information content (AvgIpc) is 2.28. The number of hydrogen-bond acceptors (Lipinski definition) is 4. The van der Waals surface area contributed by atoms with Crippen LogP contribution >= 0.6 is 0 Å². The molecule has 0 saturated carbocycles. The third-order valence-electron chi connectivity index (χ3n) is 2.08. The first-order chi connectivity index (χ1) is 7.69. The molecule has 0 atom stereocenters. The summed E-state index contributed by atoms with van der Waals surface area (Å²) in [5.41, 5.74) is 0.864. The summed E-state index contributed by atoms with van der Waals surface area (Å²) in [6.45, 7) is 0.340. The van der Waals surface area contributed by atoms with E-state index in [0.29, 0.717) is 18.0 Å². The first-order valence-corrected chi connectivity index (χ1v) is 4.81. The predicted octanol–water partition coefficient (Wildman–Crippen LogP) is 0.878. The number of hydrogen-bond donors (Lipinski definition) is 2. The van der Waals surface area contributed by atoms with Gasteiger partial charge in [-0.3, -0.25) is 4.79 Å². The van der Waals surface area contributed by atoms with Crippen LogP contribution in [0.3, 0.4) is 0 Å². The second-order valence-electron chi connectivity index (χ2n) is 3.15. The smallest absolute Gasteiger partial charge is 0.317 e. The fourth-order valence-corrected chi connectivity index (χ4v) is 1.40. The molecule has 0 bridgehead atoms. The summed E-state index contributed by atoms with van der Waals surface area (Å²) >= 11 is 0. The molecule has 0 aromatic heterocycles. The SMILES string of the molecule is COc1cccc(CNCC(=O)O)c1OC. The van der Waals surface area contributed by atoms with E-state index in [1.807, 2.05) is 12.1 Å². The van der Waals surface area contributed by atoms with Crippen LogP contribution in [-0.2, 0) is 11.3 Å². The minimum atomic E-state index is -0.887. The molecule has 0 unspecified atom stereocenters. The number of carboxylic acids is 1. The molecule has 5 heteroatoms. The van der Waals surface area contributed by atoms with Gasteiger partial charge in [-0.15, -0.1) is 0 Å². The van der Waals surface area contributed by atoms with Crippen molar-refractivity contribution in [2.24, 2.45) is 0 Å². The van der Waals surface area contributed by atoms with Gasteiger partial charge in [-0.05, 0) is 6.07 Å². The van der Waals surface area contributed by atoms with Crippen molar-refractivity contribution >= 4 is 5.97 Å². The van der Waals surface area contributed by atoms with Gasteiger partial charge in [0.05, 0.1) is 20.8 Å². The Kier molecular flexibility index (Phi) is 4.60. The molecule has 1 aromatic rings. The van der Waals surface area contributed by atoms with Crippen LogP contribution in [0, 0.1) is 0 Å². The molecule has 0 fully saturated rings. The quantitative estimate of drug-likeness (QED) is 0.752. The molecular weight excluding hydrogens is 210 g/mol. The Balaban J connectivity index is 2.74. The molecule has 1 aromatic carbocycles. The Bertz CT molecular complexity index is 365. The highest BCUT2D eigenvalue weighted by atomic mass is 16.5. The van der Waals surface area contributed by atoms with Crippen LogP contribution < -0.4 is 14.8 Å². The van der Waals surface area contributed by atoms with Gasteiger partial charge in [0.1, 0.15) is 0 Å². The van der Waals surface area contributed by atoms with Crippen LogP contribution in [0.15, 0.2) is 18.2 Å². The van der Waals surface area contributed by atoms with Crippen molar-refractivity contribution < 1.29 is 19.4 Å². The van der Waals surface area contributed by atoms with E-state index < -0.39 is 5.97 Å². The number of aliphatic carboxylic acids is 1. The first-order valence-electron chi connectivity index (χ1n) is 4.81. The monoisotopic (exact) mass is 225 g/mol. The zero-order chi connectivity index (χ0) is 12.0. The molecule has 0 radical (unpaired) electrons. The number of carboxylic acid groups (broad SMARTS) is 1. The summed E-state index contributed by atoms with van der Waals surface area (Å²) in [7, 11) is 3.12. The number of carbonyl (C=O) groups is 1. The Labute approximate surface area is 94.0 Å². The fourth-order valence-electron chi connectivity index (χ4n) is 1.40. The largest absolute Gasteiger partial charge is 0.493 e. The summed E-state index contributed by atoms with van der Waals surface area (Å²) in [4.78, 5) is 10.3. The van der Waals surface area contributed by atoms with Crippen molar-refractivity contribution in [2.75, 3.05) is 20.8 Å². The second-order valence-corrected chi connectivity index (χ2v) is 3.15. The van der Waals surface area contributed by atoms with Gasteiger partial charge < -0.3 is 19.9 Å². The van der Waals surface area contributed by atoms with Crippen LogP contribution in [-0.4, -0.2) is 31.8 Å². The third-order valence-corrected chi connectivity index (χ3v) is 2.08. The molecule has 2 N–H and O–H groups in total. The molecule has 88 valence electrons. The number of nitrogens with one attached hydrogen (secondary N) is 1. The van der Waals surface area contributed by atoms with Gasteiger partial charge in [-0.2, -0.15) is 0 Å². The van der Waals surface area contributed by atoms with E-state index in [4.69, 9.17) is 14.6 Å². The highest BCUT2D eigenvalue weighted by Gasteiger charge is 2.08. The van der Waals surface area contributed by atoms with E-state index in [-0.39, 0.29) is 6.54 Å². The van der Waals surface area contributed by atoms with Gasteiger partial charge in [0.15, 0.2) is 11.5 Å². The normalized spacial score (nSPS) is 9.88. The van der Waals surface area contributed by atoms with E-state index in [1.165, 1.54) is 0 Å². The third kappa shape index (κ3) is 3.13. The lowest BCUT2D eigenvalue weighted by Gasteiger charge is -2.12. The summed E-state index contributed by atoms with van der Waals surface area (Å²) in [5.74, 6) is 0.377. The summed E-state index contributed by atoms with van der Waals surface area (Å²) in [5, 5.41) is 11.3. The molecule has 16 heavy (non-hydrogen) atoms. The number of para-hydroxylation sites is 1. The number of benzene rings is 1. The Morgan fingerprint density at radius 2 is 2.12 bits per heavy atom. The Hall–Kier alpha value is -1.75. The van der Waals surface area contributed by atoms with Crippen LogP contribution in [0.25, 0.3) is 0 Å². The standard InChI is InChI=1S/C11H15NO4/c1-15-9-5-3-4-8(11(9)16-2)6-12-7-10(13)14/h3-5,12H,6-7H2,1-2H3,(H,13,14). The predicted molar refractivity (Wildman–Crippen MR) is 58.9 cm³/mol. The minimum Gasteiger partial charge on any atom is -0.493 e. The molecule has 0 saturated heterocycles. The van der Waals surface area contributed by atoms with E-state index in [0.717, 1.165) is 5.56 Å². The average molecular weight is 225 g/mol. The highest BCUT2D eigenvalue weighted by molar-refractivity contribution is 5.69. The zero-order valence-electron chi connectivity index (χ0n) is 9.32. The van der Waals surface area contributed by atoms with Crippen molar-refractivity contribution in [1.82, 2.24) is 5.32 Å².